The van der Waals surface area contributed by atoms with Crippen LogP contribution in [0.4, 0.5) is 0 Å². The Hall–Kier alpha value is -2.07. The molecular formula is C16H16ClN3O. The van der Waals surface area contributed by atoms with Gasteiger partial charge in [-0.05, 0) is 30.9 Å². The van der Waals surface area contributed by atoms with Gasteiger partial charge in [0.15, 0.2) is 5.75 Å². The normalized spacial score (nSPS) is 11.2. The average molecular weight is 302 g/mol. The minimum Gasteiger partial charge on any atom is -0.435 e. The van der Waals surface area contributed by atoms with Gasteiger partial charge in [-0.1, -0.05) is 18.2 Å². The average Bonchev–Trinajstić information content (AvgIpc) is 2.96. The van der Waals surface area contributed by atoms with E-state index in [1.807, 2.05) is 35.1 Å². The molecule has 0 spiro atoms. The van der Waals surface area contributed by atoms with E-state index in [2.05, 4.69) is 23.9 Å². The van der Waals surface area contributed by atoms with Gasteiger partial charge in [0.05, 0.1) is 12.4 Å². The summed E-state index contributed by atoms with van der Waals surface area (Å²) in [5.74, 6) is 1.68. The molecule has 0 aliphatic rings. The molecule has 1 aromatic carbocycles. The predicted octanol–water partition coefficient (Wildman–Crippen LogP) is 4.54. The molecule has 4 nitrogen and oxygen atoms in total. The van der Waals surface area contributed by atoms with Crippen molar-refractivity contribution in [3.05, 3.63) is 48.4 Å². The molecule has 0 radical (unpaired) electrons. The number of halogens is 1. The van der Waals surface area contributed by atoms with Crippen molar-refractivity contribution in [2.24, 2.45) is 0 Å². The van der Waals surface area contributed by atoms with Crippen molar-refractivity contribution in [3.63, 3.8) is 0 Å². The molecule has 0 aliphatic heterocycles. The van der Waals surface area contributed by atoms with Crippen molar-refractivity contribution >= 4 is 22.4 Å². The van der Waals surface area contributed by atoms with E-state index in [9.17, 15) is 0 Å². The molecule has 5 heteroatoms. The zero-order valence-corrected chi connectivity index (χ0v) is 12.7. The van der Waals surface area contributed by atoms with Gasteiger partial charge in [0.25, 0.3) is 0 Å². The van der Waals surface area contributed by atoms with Crippen LogP contribution in [0.15, 0.2) is 42.9 Å². The number of benzene rings is 1. The first-order valence-electron chi connectivity index (χ1n) is 6.83. The maximum absolute atomic E-state index is 5.96. The second-order valence-electron chi connectivity index (χ2n) is 5.12. The third kappa shape index (κ3) is 2.72. The van der Waals surface area contributed by atoms with Crippen molar-refractivity contribution in [1.82, 2.24) is 14.8 Å². The van der Waals surface area contributed by atoms with Gasteiger partial charge in [0.1, 0.15) is 0 Å². The first-order chi connectivity index (χ1) is 10.2. The minimum absolute atomic E-state index is 0.297. The van der Waals surface area contributed by atoms with E-state index in [1.54, 1.807) is 12.4 Å². The number of fused-ring (bicyclic) bond motifs is 1. The van der Waals surface area contributed by atoms with Crippen molar-refractivity contribution in [2.45, 2.75) is 25.8 Å². The minimum atomic E-state index is 0.297. The van der Waals surface area contributed by atoms with E-state index >= 15 is 0 Å². The standard InChI is InChI=1S/C16H16ClN3O/c1-11(2)20-10-13(9-19-20)21-16-15-6-4-3-5-14(15)12(7-17)8-18-16/h3-6,8-11H,7H2,1-2H3. The van der Waals surface area contributed by atoms with Crippen LogP contribution in [0.3, 0.4) is 0 Å². The summed E-state index contributed by atoms with van der Waals surface area (Å²) in [5, 5.41) is 6.28. The summed E-state index contributed by atoms with van der Waals surface area (Å²) in [4.78, 5) is 4.38. The van der Waals surface area contributed by atoms with E-state index in [-0.39, 0.29) is 0 Å². The Morgan fingerprint density at radius 2 is 1.95 bits per heavy atom. The Kier molecular flexibility index (Phi) is 3.80. The third-order valence-electron chi connectivity index (χ3n) is 3.31. The molecule has 21 heavy (non-hydrogen) atoms. The van der Waals surface area contributed by atoms with Gasteiger partial charge in [0, 0.05) is 23.5 Å². The smallest absolute Gasteiger partial charge is 0.227 e. The van der Waals surface area contributed by atoms with Crippen LogP contribution in [-0.4, -0.2) is 14.8 Å². The number of hydrogen-bond acceptors (Lipinski definition) is 3. The summed E-state index contributed by atoms with van der Waals surface area (Å²) in [6.07, 6.45) is 5.33. The van der Waals surface area contributed by atoms with Crippen LogP contribution in [0, 0.1) is 0 Å². The van der Waals surface area contributed by atoms with Crippen LogP contribution in [0.5, 0.6) is 11.6 Å². The molecule has 108 valence electrons. The van der Waals surface area contributed by atoms with E-state index in [0.29, 0.717) is 23.6 Å². The highest BCUT2D eigenvalue weighted by Crippen LogP contribution is 2.30. The lowest BCUT2D eigenvalue weighted by Crippen LogP contribution is -1.99. The SMILES string of the molecule is CC(C)n1cc(Oc2ncc(CCl)c3ccccc23)cn1. The highest BCUT2D eigenvalue weighted by Gasteiger charge is 2.10. The molecule has 0 bridgehead atoms. The van der Waals surface area contributed by atoms with E-state index in [4.69, 9.17) is 16.3 Å². The maximum atomic E-state index is 5.96. The summed E-state index contributed by atoms with van der Waals surface area (Å²) in [6, 6.07) is 8.26. The molecule has 0 unspecified atom stereocenters. The van der Waals surface area contributed by atoms with Gasteiger partial charge in [-0.15, -0.1) is 11.6 Å². The molecule has 0 N–H and O–H groups in total. The Bertz CT molecular complexity index is 767. The summed E-state index contributed by atoms with van der Waals surface area (Å²) in [6.45, 7) is 4.14. The summed E-state index contributed by atoms with van der Waals surface area (Å²) in [5.41, 5.74) is 0.998. The Balaban J connectivity index is 2.00. The number of pyridine rings is 1. The quantitative estimate of drug-likeness (QED) is 0.664. The summed E-state index contributed by atoms with van der Waals surface area (Å²) >= 11 is 5.96. The van der Waals surface area contributed by atoms with Gasteiger partial charge >= 0.3 is 0 Å². The van der Waals surface area contributed by atoms with Crippen LogP contribution in [0.2, 0.25) is 0 Å². The van der Waals surface area contributed by atoms with Crippen molar-refractivity contribution in [2.75, 3.05) is 0 Å². The molecule has 2 aromatic heterocycles. The lowest BCUT2D eigenvalue weighted by molar-refractivity contribution is 0.464. The van der Waals surface area contributed by atoms with Crippen LogP contribution in [0.25, 0.3) is 10.8 Å². The maximum Gasteiger partial charge on any atom is 0.227 e. The molecule has 0 aliphatic carbocycles. The van der Waals surface area contributed by atoms with Crippen molar-refractivity contribution in [1.29, 1.82) is 0 Å². The largest absolute Gasteiger partial charge is 0.435 e. The monoisotopic (exact) mass is 301 g/mol. The second-order valence-corrected chi connectivity index (χ2v) is 5.39. The second kappa shape index (κ2) is 5.74. The van der Waals surface area contributed by atoms with Crippen molar-refractivity contribution in [3.8, 4) is 11.6 Å². The van der Waals surface area contributed by atoms with Gasteiger partial charge in [-0.3, -0.25) is 4.68 Å². The van der Waals surface area contributed by atoms with Gasteiger partial charge < -0.3 is 4.74 Å². The number of nitrogens with zero attached hydrogens (tertiary/aromatic N) is 3. The molecule has 3 rings (SSSR count). The predicted molar refractivity (Wildman–Crippen MR) is 84.0 cm³/mol. The number of ether oxygens (including phenoxy) is 1. The fourth-order valence-corrected chi connectivity index (χ4v) is 2.39. The molecule has 2 heterocycles. The molecule has 0 amide bonds. The van der Waals surface area contributed by atoms with Crippen molar-refractivity contribution < 1.29 is 4.74 Å². The molecule has 0 saturated heterocycles. The first-order valence-corrected chi connectivity index (χ1v) is 7.37. The first kappa shape index (κ1) is 13.9. The van der Waals surface area contributed by atoms with E-state index in [0.717, 1.165) is 16.3 Å². The zero-order chi connectivity index (χ0) is 14.8. The summed E-state index contributed by atoms with van der Waals surface area (Å²) in [7, 11) is 0. The van der Waals surface area contributed by atoms with Crippen LogP contribution in [0.1, 0.15) is 25.5 Å². The highest BCUT2D eigenvalue weighted by molar-refractivity contribution is 6.18. The molecular weight excluding hydrogens is 286 g/mol. The fourth-order valence-electron chi connectivity index (χ4n) is 2.18. The van der Waals surface area contributed by atoms with E-state index < -0.39 is 0 Å². The van der Waals surface area contributed by atoms with Crippen LogP contribution < -0.4 is 4.74 Å². The Morgan fingerprint density at radius 1 is 1.19 bits per heavy atom. The number of rotatable bonds is 4. The lowest BCUT2D eigenvalue weighted by Gasteiger charge is -2.09. The molecule has 3 aromatic rings. The number of alkyl halides is 1. The zero-order valence-electron chi connectivity index (χ0n) is 12.0. The van der Waals surface area contributed by atoms with Crippen LogP contribution in [-0.2, 0) is 5.88 Å². The number of aromatic nitrogens is 3. The molecule has 0 saturated carbocycles. The van der Waals surface area contributed by atoms with Gasteiger partial charge in [0.2, 0.25) is 5.88 Å². The molecule has 0 atom stereocenters. The highest BCUT2D eigenvalue weighted by atomic mass is 35.5. The fraction of sp³-hybridized carbons (Fsp3) is 0.250. The Morgan fingerprint density at radius 3 is 2.62 bits per heavy atom. The van der Waals surface area contributed by atoms with Crippen LogP contribution >= 0.6 is 11.6 Å². The number of hydrogen-bond donors (Lipinski definition) is 0. The van der Waals surface area contributed by atoms with Gasteiger partial charge in [-0.2, -0.15) is 5.10 Å². The third-order valence-corrected chi connectivity index (χ3v) is 3.59. The Labute approximate surface area is 128 Å². The topological polar surface area (TPSA) is 39.9 Å². The van der Waals surface area contributed by atoms with Gasteiger partial charge in [-0.25, -0.2) is 4.98 Å². The summed E-state index contributed by atoms with van der Waals surface area (Å²) < 4.78 is 7.74. The lowest BCUT2D eigenvalue weighted by atomic mass is 10.1. The molecule has 0 fully saturated rings. The van der Waals surface area contributed by atoms with E-state index in [1.165, 1.54) is 0 Å².